The lowest BCUT2D eigenvalue weighted by molar-refractivity contribution is 1.10. The molecule has 0 atom stereocenters. The summed E-state index contributed by atoms with van der Waals surface area (Å²) in [7, 11) is 0. The zero-order valence-electron chi connectivity index (χ0n) is 31.2. The highest BCUT2D eigenvalue weighted by Gasteiger charge is 2.36. The van der Waals surface area contributed by atoms with Crippen LogP contribution in [0.3, 0.4) is 0 Å². The summed E-state index contributed by atoms with van der Waals surface area (Å²) in [6.45, 7) is 0.0432. The number of hydrogen-bond donors (Lipinski definition) is 0. The Labute approximate surface area is 333 Å². The van der Waals surface area contributed by atoms with E-state index >= 15 is 0 Å². The zero-order chi connectivity index (χ0) is 37.9. The maximum atomic E-state index is 5.22. The van der Waals surface area contributed by atoms with Crippen molar-refractivity contribution >= 4 is 95.9 Å². The first kappa shape index (κ1) is 31.4. The van der Waals surface area contributed by atoms with Gasteiger partial charge in [-0.15, -0.1) is 0 Å². The lowest BCUT2D eigenvalue weighted by atomic mass is 9.35. The van der Waals surface area contributed by atoms with E-state index in [1.165, 1.54) is 16.4 Å². The van der Waals surface area contributed by atoms with Crippen LogP contribution < -0.4 is 21.3 Å². The Morgan fingerprint density at radius 1 is 0.345 bits per heavy atom. The molecular formula is C50H32BN7. The van der Waals surface area contributed by atoms with E-state index in [0.717, 1.165) is 84.1 Å². The average molecular weight is 742 g/mol. The fourth-order valence-corrected chi connectivity index (χ4v) is 9.61. The summed E-state index contributed by atoms with van der Waals surface area (Å²) >= 11 is 0. The Balaban J connectivity index is 1.08. The molecule has 1 aliphatic heterocycles. The van der Waals surface area contributed by atoms with Crippen molar-refractivity contribution in [1.82, 2.24) is 27.9 Å². The SMILES string of the molecule is c1ccc(B2c3ccccc3N(c3cccc(-n4c5ccccc5n5c6ccccc6nc45)c3)c3cc(-n4c5ccccc5n5c6ccccc6nc45)ccc32)cc1. The highest BCUT2D eigenvalue weighted by molar-refractivity contribution is 6.98. The van der Waals surface area contributed by atoms with Crippen molar-refractivity contribution in [3.8, 4) is 11.4 Å². The van der Waals surface area contributed by atoms with E-state index in [1.807, 2.05) is 0 Å². The van der Waals surface area contributed by atoms with Gasteiger partial charge < -0.3 is 4.90 Å². The molecule has 0 bridgehead atoms. The van der Waals surface area contributed by atoms with Crippen molar-refractivity contribution in [2.24, 2.45) is 0 Å². The lowest BCUT2D eigenvalue weighted by Crippen LogP contribution is -2.57. The van der Waals surface area contributed by atoms with Crippen LogP contribution in [0.4, 0.5) is 17.1 Å². The Kier molecular flexibility index (Phi) is 6.40. The second-order valence-corrected chi connectivity index (χ2v) is 15.1. The van der Waals surface area contributed by atoms with Crippen LogP contribution in [0.5, 0.6) is 0 Å². The predicted molar refractivity (Wildman–Crippen MR) is 238 cm³/mol. The van der Waals surface area contributed by atoms with Crippen molar-refractivity contribution < 1.29 is 0 Å². The summed E-state index contributed by atoms with van der Waals surface area (Å²) in [5.41, 5.74) is 17.8. The number of anilines is 3. The van der Waals surface area contributed by atoms with Crippen LogP contribution in [0.25, 0.3) is 67.1 Å². The second kappa shape index (κ2) is 11.8. The van der Waals surface area contributed by atoms with Crippen LogP contribution in [0.15, 0.2) is 194 Å². The van der Waals surface area contributed by atoms with Crippen LogP contribution in [-0.4, -0.2) is 34.6 Å². The first-order chi connectivity index (χ1) is 28.8. The van der Waals surface area contributed by atoms with E-state index in [4.69, 9.17) is 9.97 Å². The van der Waals surface area contributed by atoms with Crippen LogP contribution in [0.2, 0.25) is 0 Å². The number of nitrogens with zero attached hydrogens (tertiary/aromatic N) is 7. The van der Waals surface area contributed by atoms with Gasteiger partial charge in [0.05, 0.1) is 55.5 Å². The molecule has 7 nitrogen and oxygen atoms in total. The number of imidazole rings is 4. The minimum Gasteiger partial charge on any atom is -0.311 e. The van der Waals surface area contributed by atoms with E-state index in [0.29, 0.717) is 0 Å². The topological polar surface area (TPSA) is 47.7 Å². The van der Waals surface area contributed by atoms with E-state index in [2.05, 4.69) is 217 Å². The van der Waals surface area contributed by atoms with Gasteiger partial charge in [-0.1, -0.05) is 115 Å². The summed E-state index contributed by atoms with van der Waals surface area (Å²) in [6, 6.07) is 69.7. The van der Waals surface area contributed by atoms with E-state index in [9.17, 15) is 0 Å². The minimum atomic E-state index is 0.0432. The summed E-state index contributed by atoms with van der Waals surface area (Å²) in [5.74, 6) is 1.78. The molecule has 8 aromatic carbocycles. The molecule has 270 valence electrons. The molecule has 58 heavy (non-hydrogen) atoms. The molecule has 0 amide bonds. The molecule has 0 unspecified atom stereocenters. The Bertz CT molecular complexity index is 3610. The highest BCUT2D eigenvalue weighted by atomic mass is 15.2. The fourth-order valence-electron chi connectivity index (χ4n) is 9.61. The lowest BCUT2D eigenvalue weighted by Gasteiger charge is -2.37. The van der Waals surface area contributed by atoms with Crippen molar-refractivity contribution in [1.29, 1.82) is 0 Å². The maximum absolute atomic E-state index is 5.22. The van der Waals surface area contributed by atoms with E-state index < -0.39 is 0 Å². The van der Waals surface area contributed by atoms with Gasteiger partial charge in [0.1, 0.15) is 0 Å². The van der Waals surface area contributed by atoms with Gasteiger partial charge in [-0.05, 0) is 95.9 Å². The Morgan fingerprint density at radius 2 is 0.845 bits per heavy atom. The molecular weight excluding hydrogens is 709 g/mol. The third-order valence-corrected chi connectivity index (χ3v) is 12.0. The van der Waals surface area contributed by atoms with Gasteiger partial charge >= 0.3 is 0 Å². The number of rotatable bonds is 4. The summed E-state index contributed by atoms with van der Waals surface area (Å²) in [6.07, 6.45) is 0. The zero-order valence-corrected chi connectivity index (χ0v) is 31.2. The normalized spacial score (nSPS) is 12.8. The molecule has 1 aliphatic rings. The van der Waals surface area contributed by atoms with Gasteiger partial charge in [0.15, 0.2) is 0 Å². The smallest absolute Gasteiger partial charge is 0.246 e. The molecule has 0 aliphatic carbocycles. The van der Waals surface area contributed by atoms with Crippen molar-refractivity contribution in [2.75, 3.05) is 4.90 Å². The van der Waals surface area contributed by atoms with Crippen LogP contribution in [-0.2, 0) is 0 Å². The quantitative estimate of drug-likeness (QED) is 0.169. The molecule has 12 aromatic rings. The van der Waals surface area contributed by atoms with E-state index in [-0.39, 0.29) is 6.71 Å². The van der Waals surface area contributed by atoms with Crippen LogP contribution >= 0.6 is 0 Å². The van der Waals surface area contributed by atoms with Crippen LogP contribution in [0.1, 0.15) is 0 Å². The van der Waals surface area contributed by atoms with Gasteiger partial charge in [-0.3, -0.25) is 17.9 Å². The second-order valence-electron chi connectivity index (χ2n) is 15.1. The number of para-hydroxylation sites is 9. The predicted octanol–water partition coefficient (Wildman–Crippen LogP) is 9.48. The molecule has 0 spiro atoms. The minimum absolute atomic E-state index is 0.0432. The molecule has 4 aromatic heterocycles. The van der Waals surface area contributed by atoms with Crippen molar-refractivity contribution in [2.45, 2.75) is 0 Å². The molecule has 0 saturated heterocycles. The number of hydrogen-bond acceptors (Lipinski definition) is 3. The highest BCUT2D eigenvalue weighted by Crippen LogP contribution is 2.40. The number of aromatic nitrogens is 6. The molecule has 0 radical (unpaired) electrons. The first-order valence-corrected chi connectivity index (χ1v) is 19.7. The first-order valence-electron chi connectivity index (χ1n) is 19.7. The third kappa shape index (κ3) is 4.28. The summed E-state index contributed by atoms with van der Waals surface area (Å²) < 4.78 is 9.17. The maximum Gasteiger partial charge on any atom is 0.246 e. The standard InChI is InChI=1S/C50H32BN7/c1-2-15-33(16-3-1)51-37-19-4-7-22-41(37)54(34-17-14-18-35(31-34)55-44-25-10-12-27-46(44)57-42-23-8-5-20-39(42)52-49(55)57)48-32-36(29-30-38(48)51)56-45-26-11-13-28-47(45)58-43-24-9-6-21-40(43)53-50(56)58/h1-32H. The summed E-state index contributed by atoms with van der Waals surface area (Å²) in [4.78, 5) is 12.9. The van der Waals surface area contributed by atoms with Gasteiger partial charge in [0.25, 0.3) is 0 Å². The molecule has 13 rings (SSSR count). The van der Waals surface area contributed by atoms with E-state index in [1.54, 1.807) is 0 Å². The number of benzene rings is 8. The average Bonchev–Trinajstić information content (AvgIpc) is 4.02. The van der Waals surface area contributed by atoms with Gasteiger partial charge in [-0.25, -0.2) is 9.97 Å². The summed E-state index contributed by atoms with van der Waals surface area (Å²) in [5, 5.41) is 0. The molecule has 0 fully saturated rings. The Hall–Kier alpha value is -7.84. The van der Waals surface area contributed by atoms with Gasteiger partial charge in [-0.2, -0.15) is 0 Å². The van der Waals surface area contributed by atoms with Gasteiger partial charge in [0.2, 0.25) is 18.3 Å². The van der Waals surface area contributed by atoms with Crippen LogP contribution in [0, 0.1) is 0 Å². The molecule has 5 heterocycles. The monoisotopic (exact) mass is 741 g/mol. The fraction of sp³-hybridized carbons (Fsp3) is 0. The largest absolute Gasteiger partial charge is 0.311 e. The Morgan fingerprint density at radius 3 is 1.50 bits per heavy atom. The third-order valence-electron chi connectivity index (χ3n) is 12.0. The molecule has 8 heteroatoms. The molecule has 0 N–H and O–H groups in total. The van der Waals surface area contributed by atoms with Gasteiger partial charge in [0, 0.05) is 17.1 Å². The molecule has 0 saturated carbocycles. The van der Waals surface area contributed by atoms with Crippen molar-refractivity contribution in [3.05, 3.63) is 194 Å². The number of fused-ring (bicyclic) bond motifs is 12. The van der Waals surface area contributed by atoms with Crippen molar-refractivity contribution in [3.63, 3.8) is 0 Å².